The van der Waals surface area contributed by atoms with Crippen molar-refractivity contribution in [2.24, 2.45) is 0 Å². The lowest BCUT2D eigenvalue weighted by atomic mass is 10.00. The quantitative estimate of drug-likeness (QED) is 0.289. The van der Waals surface area contributed by atoms with E-state index < -0.39 is 0 Å². The minimum absolute atomic E-state index is 0.0629. The van der Waals surface area contributed by atoms with Gasteiger partial charge < -0.3 is 18.7 Å². The molecule has 9 heteroatoms. The maximum absolute atomic E-state index is 13.8. The standard InChI is InChI=1S/C29H30F2N4O3/c1-19-15-25(20(2)35(19)16-21-6-10-23(30)11-7-21)29(36)34-14-4-3-5-26(34)28-32-27(38-33-28)18-37-17-22-8-12-24(31)13-9-22/h6-13,15,26H,3-5,14,16-18H2,1-2H3. The summed E-state index contributed by atoms with van der Waals surface area (Å²) in [5, 5.41) is 4.17. The van der Waals surface area contributed by atoms with E-state index in [2.05, 4.69) is 14.7 Å². The molecule has 1 saturated heterocycles. The van der Waals surface area contributed by atoms with Crippen molar-refractivity contribution in [2.75, 3.05) is 6.54 Å². The summed E-state index contributed by atoms with van der Waals surface area (Å²) in [7, 11) is 0. The molecule has 0 N–H and O–H groups in total. The molecule has 2 aromatic heterocycles. The van der Waals surface area contributed by atoms with E-state index in [1.807, 2.05) is 24.8 Å². The van der Waals surface area contributed by atoms with Gasteiger partial charge in [-0.25, -0.2) is 8.78 Å². The largest absolute Gasteiger partial charge is 0.367 e. The summed E-state index contributed by atoms with van der Waals surface area (Å²) in [5.41, 5.74) is 4.27. The monoisotopic (exact) mass is 520 g/mol. The number of likely N-dealkylation sites (tertiary alicyclic amines) is 1. The number of amides is 1. The van der Waals surface area contributed by atoms with E-state index in [9.17, 15) is 13.6 Å². The zero-order chi connectivity index (χ0) is 26.6. The Hall–Kier alpha value is -3.85. The normalized spacial score (nSPS) is 15.7. The van der Waals surface area contributed by atoms with Crippen molar-refractivity contribution in [3.8, 4) is 0 Å². The van der Waals surface area contributed by atoms with Crippen LogP contribution < -0.4 is 0 Å². The maximum atomic E-state index is 13.8. The summed E-state index contributed by atoms with van der Waals surface area (Å²) in [6.45, 7) is 5.48. The molecule has 1 fully saturated rings. The summed E-state index contributed by atoms with van der Waals surface area (Å²) >= 11 is 0. The molecule has 4 aromatic rings. The molecule has 1 unspecified atom stereocenters. The first kappa shape index (κ1) is 25.8. The number of halogens is 2. The van der Waals surface area contributed by atoms with Crippen LogP contribution in [0.25, 0.3) is 0 Å². The summed E-state index contributed by atoms with van der Waals surface area (Å²) in [6, 6.07) is 14.1. The number of ether oxygens (including phenoxy) is 1. The number of aryl methyl sites for hydroxylation is 1. The van der Waals surface area contributed by atoms with Crippen LogP contribution in [0.5, 0.6) is 0 Å². The number of benzene rings is 2. The molecule has 2 aromatic carbocycles. The van der Waals surface area contributed by atoms with E-state index in [1.165, 1.54) is 24.3 Å². The SMILES string of the molecule is Cc1cc(C(=O)N2CCCCC2c2noc(COCc3ccc(F)cc3)n2)c(C)n1Cc1ccc(F)cc1. The van der Waals surface area contributed by atoms with Gasteiger partial charge >= 0.3 is 0 Å². The highest BCUT2D eigenvalue weighted by Crippen LogP contribution is 2.32. The number of carbonyl (C=O) groups is 1. The van der Waals surface area contributed by atoms with Crippen molar-refractivity contribution >= 4 is 5.91 Å². The minimum Gasteiger partial charge on any atom is -0.367 e. The second-order valence-corrected chi connectivity index (χ2v) is 9.67. The molecule has 198 valence electrons. The number of hydrogen-bond donors (Lipinski definition) is 0. The van der Waals surface area contributed by atoms with Gasteiger partial charge in [-0.2, -0.15) is 4.98 Å². The van der Waals surface area contributed by atoms with Gasteiger partial charge in [0.05, 0.1) is 18.2 Å². The number of hydrogen-bond acceptors (Lipinski definition) is 5. The smallest absolute Gasteiger partial charge is 0.256 e. The molecule has 38 heavy (non-hydrogen) atoms. The van der Waals surface area contributed by atoms with Gasteiger partial charge in [-0.1, -0.05) is 29.4 Å². The van der Waals surface area contributed by atoms with Crippen LogP contribution >= 0.6 is 0 Å². The molecule has 0 bridgehead atoms. The summed E-state index contributed by atoms with van der Waals surface area (Å²) in [6.07, 6.45) is 2.61. The average Bonchev–Trinajstić information content (AvgIpc) is 3.51. The highest BCUT2D eigenvalue weighted by molar-refractivity contribution is 5.96. The first-order chi connectivity index (χ1) is 18.4. The lowest BCUT2D eigenvalue weighted by Gasteiger charge is -2.33. The van der Waals surface area contributed by atoms with Crippen LogP contribution in [-0.4, -0.2) is 32.1 Å². The van der Waals surface area contributed by atoms with E-state index in [4.69, 9.17) is 9.26 Å². The Labute approximate surface area is 220 Å². The molecule has 0 radical (unpaired) electrons. The first-order valence-corrected chi connectivity index (χ1v) is 12.8. The molecule has 0 saturated carbocycles. The molecule has 0 spiro atoms. The number of carbonyl (C=O) groups excluding carboxylic acids is 1. The Kier molecular flexibility index (Phi) is 7.64. The van der Waals surface area contributed by atoms with Crippen LogP contribution in [0, 0.1) is 25.5 Å². The highest BCUT2D eigenvalue weighted by Gasteiger charge is 2.33. The summed E-state index contributed by atoms with van der Waals surface area (Å²) in [4.78, 5) is 20.1. The fraction of sp³-hybridized carbons (Fsp3) is 0.345. The van der Waals surface area contributed by atoms with E-state index in [0.29, 0.717) is 37.0 Å². The van der Waals surface area contributed by atoms with E-state index >= 15 is 0 Å². The number of aromatic nitrogens is 3. The minimum atomic E-state index is -0.295. The molecule has 7 nitrogen and oxygen atoms in total. The van der Waals surface area contributed by atoms with Gasteiger partial charge in [0.25, 0.3) is 11.8 Å². The molecule has 1 atom stereocenters. The van der Waals surface area contributed by atoms with Gasteiger partial charge in [-0.15, -0.1) is 0 Å². The molecule has 3 heterocycles. The highest BCUT2D eigenvalue weighted by atomic mass is 19.1. The number of nitrogens with zero attached hydrogens (tertiary/aromatic N) is 4. The number of piperidine rings is 1. The van der Waals surface area contributed by atoms with Crippen molar-refractivity contribution in [2.45, 2.75) is 58.9 Å². The fourth-order valence-electron chi connectivity index (χ4n) is 4.93. The fourth-order valence-corrected chi connectivity index (χ4v) is 4.93. The zero-order valence-corrected chi connectivity index (χ0v) is 21.5. The van der Waals surface area contributed by atoms with Crippen LogP contribution in [-0.2, 0) is 24.5 Å². The zero-order valence-electron chi connectivity index (χ0n) is 21.5. The number of rotatable bonds is 8. The second-order valence-electron chi connectivity index (χ2n) is 9.67. The van der Waals surface area contributed by atoms with Crippen molar-refractivity contribution in [3.63, 3.8) is 0 Å². The Morgan fingerprint density at radius 1 is 1.00 bits per heavy atom. The Balaban J connectivity index is 1.28. The summed E-state index contributed by atoms with van der Waals surface area (Å²) < 4.78 is 39.6. The predicted molar refractivity (Wildman–Crippen MR) is 136 cm³/mol. The van der Waals surface area contributed by atoms with Crippen LogP contribution in [0.3, 0.4) is 0 Å². The molecule has 0 aliphatic carbocycles. The maximum Gasteiger partial charge on any atom is 0.256 e. The van der Waals surface area contributed by atoms with Crippen molar-refractivity contribution < 1.29 is 22.8 Å². The topological polar surface area (TPSA) is 73.4 Å². The van der Waals surface area contributed by atoms with Gasteiger partial charge in [0.2, 0.25) is 0 Å². The Morgan fingerprint density at radius 3 is 2.39 bits per heavy atom. The first-order valence-electron chi connectivity index (χ1n) is 12.8. The molecule has 1 amide bonds. The van der Waals surface area contributed by atoms with E-state index in [0.717, 1.165) is 41.8 Å². The van der Waals surface area contributed by atoms with Gasteiger partial charge in [0.1, 0.15) is 18.2 Å². The third-order valence-corrected chi connectivity index (χ3v) is 7.01. The van der Waals surface area contributed by atoms with Gasteiger partial charge in [0.15, 0.2) is 5.82 Å². The average molecular weight is 521 g/mol. The van der Waals surface area contributed by atoms with Crippen molar-refractivity contribution in [3.05, 3.63) is 106 Å². The third-order valence-electron chi connectivity index (χ3n) is 7.01. The Morgan fingerprint density at radius 2 is 1.68 bits per heavy atom. The van der Waals surface area contributed by atoms with Gasteiger partial charge in [0, 0.05) is 24.5 Å². The second kappa shape index (κ2) is 11.3. The van der Waals surface area contributed by atoms with Crippen LogP contribution in [0.2, 0.25) is 0 Å². The predicted octanol–water partition coefficient (Wildman–Crippen LogP) is 5.90. The third kappa shape index (κ3) is 5.67. The molecule has 5 rings (SSSR count). The lowest BCUT2D eigenvalue weighted by Crippen LogP contribution is -2.39. The van der Waals surface area contributed by atoms with E-state index in [1.54, 1.807) is 24.3 Å². The molecule has 1 aliphatic heterocycles. The van der Waals surface area contributed by atoms with Gasteiger partial charge in [-0.3, -0.25) is 4.79 Å². The molecular weight excluding hydrogens is 490 g/mol. The Bertz CT molecular complexity index is 1400. The molecular formula is C29H30F2N4O3. The van der Waals surface area contributed by atoms with E-state index in [-0.39, 0.29) is 30.2 Å². The van der Waals surface area contributed by atoms with Crippen LogP contribution in [0.4, 0.5) is 8.78 Å². The van der Waals surface area contributed by atoms with Crippen LogP contribution in [0.15, 0.2) is 59.1 Å². The van der Waals surface area contributed by atoms with Crippen molar-refractivity contribution in [1.82, 2.24) is 19.6 Å². The lowest BCUT2D eigenvalue weighted by molar-refractivity contribution is 0.0595. The molecule has 1 aliphatic rings. The van der Waals surface area contributed by atoms with Gasteiger partial charge in [-0.05, 0) is 74.6 Å². The van der Waals surface area contributed by atoms with Crippen LogP contribution in [0.1, 0.15) is 69.9 Å². The summed E-state index contributed by atoms with van der Waals surface area (Å²) in [5.74, 6) is 0.172. The van der Waals surface area contributed by atoms with Crippen molar-refractivity contribution in [1.29, 1.82) is 0 Å².